The monoisotopic (exact) mass is 335 g/mol. The fourth-order valence-corrected chi connectivity index (χ4v) is 3.58. The largest absolute Gasteiger partial charge is 0.329 e. The minimum Gasteiger partial charge on any atom is -0.329 e. The van der Waals surface area contributed by atoms with Gasteiger partial charge in [-0.1, -0.05) is 17.7 Å². The van der Waals surface area contributed by atoms with Gasteiger partial charge in [0.2, 0.25) is 10.0 Å². The van der Waals surface area contributed by atoms with Crippen molar-refractivity contribution in [3.05, 3.63) is 34.6 Å². The molecule has 1 saturated heterocycles. The van der Waals surface area contributed by atoms with Gasteiger partial charge in [-0.3, -0.25) is 4.90 Å². The van der Waals surface area contributed by atoms with Crippen molar-refractivity contribution in [2.75, 3.05) is 39.0 Å². The number of halogens is 2. The quantitative estimate of drug-likeness (QED) is 0.893. The first-order valence-electron chi connectivity index (χ1n) is 6.67. The van der Waals surface area contributed by atoms with E-state index in [4.69, 9.17) is 17.3 Å². The summed E-state index contributed by atoms with van der Waals surface area (Å²) in [6.07, 6.45) is 1.20. The molecule has 0 aromatic heterocycles. The molecular weight excluding hydrogens is 317 g/mol. The summed E-state index contributed by atoms with van der Waals surface area (Å²) in [6, 6.07) is 4.27. The van der Waals surface area contributed by atoms with Crippen LogP contribution in [0.25, 0.3) is 0 Å². The van der Waals surface area contributed by atoms with Gasteiger partial charge in [-0.2, -0.15) is 4.31 Å². The van der Waals surface area contributed by atoms with Crippen LogP contribution in [-0.4, -0.2) is 56.6 Å². The van der Waals surface area contributed by atoms with Crippen LogP contribution in [0, 0.1) is 5.82 Å². The summed E-state index contributed by atoms with van der Waals surface area (Å²) >= 11 is 5.76. The van der Waals surface area contributed by atoms with E-state index in [2.05, 4.69) is 0 Å². The zero-order valence-corrected chi connectivity index (χ0v) is 13.4. The average Bonchev–Trinajstić information content (AvgIpc) is 2.41. The number of nitrogens with two attached hydrogens (primary N) is 1. The first-order valence-corrected chi connectivity index (χ1v) is 8.89. The Kier molecular flexibility index (Phi) is 5.21. The van der Waals surface area contributed by atoms with Gasteiger partial charge in [0.25, 0.3) is 0 Å². The summed E-state index contributed by atoms with van der Waals surface area (Å²) in [4.78, 5) is 2.01. The average molecular weight is 336 g/mol. The number of sulfonamides is 1. The number of nitrogens with zero attached hydrogens (tertiary/aromatic N) is 2. The highest BCUT2D eigenvalue weighted by molar-refractivity contribution is 7.88. The van der Waals surface area contributed by atoms with E-state index in [-0.39, 0.29) is 18.4 Å². The maximum Gasteiger partial charge on any atom is 0.211 e. The Morgan fingerprint density at radius 3 is 2.43 bits per heavy atom. The van der Waals surface area contributed by atoms with Gasteiger partial charge in [-0.25, -0.2) is 12.8 Å². The first-order chi connectivity index (χ1) is 9.82. The molecule has 0 aliphatic carbocycles. The van der Waals surface area contributed by atoms with E-state index in [9.17, 15) is 12.8 Å². The molecule has 118 valence electrons. The smallest absolute Gasteiger partial charge is 0.211 e. The molecule has 5 nitrogen and oxygen atoms in total. The maximum absolute atomic E-state index is 14.0. The van der Waals surface area contributed by atoms with Crippen LogP contribution < -0.4 is 5.73 Å². The molecule has 2 N–H and O–H groups in total. The molecule has 0 saturated carbocycles. The van der Waals surface area contributed by atoms with Gasteiger partial charge in [-0.15, -0.1) is 0 Å². The third-order valence-electron chi connectivity index (χ3n) is 3.73. The highest BCUT2D eigenvalue weighted by Crippen LogP contribution is 2.26. The lowest BCUT2D eigenvalue weighted by atomic mass is 10.0. The van der Waals surface area contributed by atoms with Crippen LogP contribution in [0.1, 0.15) is 11.6 Å². The highest BCUT2D eigenvalue weighted by atomic mass is 35.5. The van der Waals surface area contributed by atoms with Crippen LogP contribution in [0.15, 0.2) is 18.2 Å². The summed E-state index contributed by atoms with van der Waals surface area (Å²) in [6.45, 7) is 2.10. The van der Waals surface area contributed by atoms with Crippen LogP contribution in [0.5, 0.6) is 0 Å². The molecule has 0 radical (unpaired) electrons. The van der Waals surface area contributed by atoms with Crippen LogP contribution >= 0.6 is 11.6 Å². The van der Waals surface area contributed by atoms with Crippen LogP contribution in [-0.2, 0) is 10.0 Å². The van der Waals surface area contributed by atoms with Gasteiger partial charge in [0.05, 0.1) is 12.3 Å². The normalized spacial score (nSPS) is 19.6. The van der Waals surface area contributed by atoms with Gasteiger partial charge < -0.3 is 5.73 Å². The fraction of sp³-hybridized carbons (Fsp3) is 0.538. The Bertz CT molecular complexity index is 603. The number of hydrogen-bond donors (Lipinski definition) is 1. The van der Waals surface area contributed by atoms with E-state index in [0.29, 0.717) is 36.8 Å². The number of piperazine rings is 1. The summed E-state index contributed by atoms with van der Waals surface area (Å²) < 4.78 is 38.5. The summed E-state index contributed by atoms with van der Waals surface area (Å²) in [5.74, 6) is -0.386. The number of rotatable bonds is 4. The lowest BCUT2D eigenvalue weighted by Gasteiger charge is -2.38. The van der Waals surface area contributed by atoms with Crippen LogP contribution in [0.3, 0.4) is 0 Å². The predicted octanol–water partition coefficient (Wildman–Crippen LogP) is 1.06. The van der Waals surface area contributed by atoms with Gasteiger partial charge in [0.15, 0.2) is 0 Å². The van der Waals surface area contributed by atoms with Crippen LogP contribution in [0.4, 0.5) is 4.39 Å². The first kappa shape index (κ1) is 16.6. The number of benzene rings is 1. The van der Waals surface area contributed by atoms with Crippen molar-refractivity contribution in [2.24, 2.45) is 5.73 Å². The molecule has 1 aliphatic rings. The molecule has 1 atom stereocenters. The topological polar surface area (TPSA) is 66.6 Å². The molecule has 1 aliphatic heterocycles. The van der Waals surface area contributed by atoms with Gasteiger partial charge in [-0.05, 0) is 12.1 Å². The van der Waals surface area contributed by atoms with Crippen molar-refractivity contribution in [1.29, 1.82) is 0 Å². The van der Waals surface area contributed by atoms with Crippen LogP contribution in [0.2, 0.25) is 5.02 Å². The van der Waals surface area contributed by atoms with Crippen molar-refractivity contribution in [3.8, 4) is 0 Å². The van der Waals surface area contributed by atoms with E-state index in [1.54, 1.807) is 12.1 Å². The van der Waals surface area contributed by atoms with E-state index >= 15 is 0 Å². The van der Waals surface area contributed by atoms with Crippen molar-refractivity contribution < 1.29 is 12.8 Å². The molecule has 1 fully saturated rings. The fourth-order valence-electron chi connectivity index (χ4n) is 2.59. The second kappa shape index (κ2) is 6.58. The molecule has 21 heavy (non-hydrogen) atoms. The van der Waals surface area contributed by atoms with E-state index in [1.807, 2.05) is 4.90 Å². The molecule has 1 aromatic carbocycles. The molecule has 0 amide bonds. The summed E-state index contributed by atoms with van der Waals surface area (Å²) in [5.41, 5.74) is 6.28. The SMILES string of the molecule is CS(=O)(=O)N1CCN(C(CN)c2ccc(Cl)cc2F)CC1. The van der Waals surface area contributed by atoms with Gasteiger partial charge in [0.1, 0.15) is 5.82 Å². The van der Waals surface area contributed by atoms with Crippen molar-refractivity contribution in [2.45, 2.75) is 6.04 Å². The molecule has 1 unspecified atom stereocenters. The molecule has 1 heterocycles. The van der Waals surface area contributed by atoms with Crippen molar-refractivity contribution in [3.63, 3.8) is 0 Å². The Balaban J connectivity index is 2.13. The summed E-state index contributed by atoms with van der Waals surface area (Å²) in [7, 11) is -3.18. The number of hydrogen-bond acceptors (Lipinski definition) is 4. The lowest BCUT2D eigenvalue weighted by Crippen LogP contribution is -2.50. The Morgan fingerprint density at radius 1 is 1.33 bits per heavy atom. The third-order valence-corrected chi connectivity index (χ3v) is 5.27. The van der Waals surface area contributed by atoms with Crippen molar-refractivity contribution in [1.82, 2.24) is 9.21 Å². The second-order valence-electron chi connectivity index (χ2n) is 5.12. The van der Waals surface area contributed by atoms with Gasteiger partial charge >= 0.3 is 0 Å². The lowest BCUT2D eigenvalue weighted by molar-refractivity contribution is 0.138. The molecule has 1 aromatic rings. The standard InChI is InChI=1S/C13H19ClFN3O2S/c1-21(19,20)18-6-4-17(5-7-18)13(9-16)11-3-2-10(14)8-12(11)15/h2-3,8,13H,4-7,9,16H2,1H3. The molecule has 8 heteroatoms. The predicted molar refractivity (Wildman–Crippen MR) is 81.2 cm³/mol. The van der Waals surface area contributed by atoms with Crippen molar-refractivity contribution >= 4 is 21.6 Å². The molecule has 2 rings (SSSR count). The zero-order chi connectivity index (χ0) is 15.6. The zero-order valence-electron chi connectivity index (χ0n) is 11.8. The second-order valence-corrected chi connectivity index (χ2v) is 7.53. The highest BCUT2D eigenvalue weighted by Gasteiger charge is 2.29. The molecule has 0 bridgehead atoms. The molecule has 0 spiro atoms. The van der Waals surface area contributed by atoms with Gasteiger partial charge in [0, 0.05) is 43.3 Å². The Hall–Kier alpha value is -0.730. The minimum atomic E-state index is -3.18. The Morgan fingerprint density at radius 2 is 1.95 bits per heavy atom. The van der Waals surface area contributed by atoms with E-state index in [1.165, 1.54) is 16.6 Å². The summed E-state index contributed by atoms with van der Waals surface area (Å²) in [5, 5.41) is 0.342. The minimum absolute atomic E-state index is 0.261. The maximum atomic E-state index is 14.0. The van der Waals surface area contributed by atoms with E-state index in [0.717, 1.165) is 0 Å². The Labute approximate surface area is 129 Å². The third kappa shape index (κ3) is 3.92. The van der Waals surface area contributed by atoms with E-state index < -0.39 is 10.0 Å². The molecular formula is C13H19ClFN3O2S.